The molecule has 0 saturated heterocycles. The number of nitrogens with zero attached hydrogens (tertiary/aromatic N) is 2. The molecule has 3 rings (SSSR count). The molecule has 0 spiro atoms. The highest BCUT2D eigenvalue weighted by Gasteiger charge is 2.18. The van der Waals surface area contributed by atoms with Gasteiger partial charge in [-0.2, -0.15) is 4.98 Å². The quantitative estimate of drug-likeness (QED) is 0.782. The zero-order valence-corrected chi connectivity index (χ0v) is 12.8. The third-order valence-corrected chi connectivity index (χ3v) is 4.06. The second-order valence-corrected chi connectivity index (χ2v) is 6.00. The Morgan fingerprint density at radius 1 is 1.33 bits per heavy atom. The Hall–Kier alpha value is -1.76. The van der Waals surface area contributed by atoms with Gasteiger partial charge >= 0.3 is 0 Å². The summed E-state index contributed by atoms with van der Waals surface area (Å²) >= 11 is 1.66. The number of benzene rings is 1. The van der Waals surface area contributed by atoms with Crippen molar-refractivity contribution in [3.8, 4) is 11.5 Å². The van der Waals surface area contributed by atoms with Gasteiger partial charge in [0.05, 0.1) is 24.3 Å². The highest BCUT2D eigenvalue weighted by molar-refractivity contribution is 7.17. The van der Waals surface area contributed by atoms with Crippen molar-refractivity contribution in [1.82, 2.24) is 10.1 Å². The second-order valence-electron chi connectivity index (χ2n) is 5.09. The number of nitrogens with two attached hydrogens (primary N) is 1. The lowest BCUT2D eigenvalue weighted by molar-refractivity contribution is 0.0665. The van der Waals surface area contributed by atoms with E-state index in [1.807, 2.05) is 37.4 Å². The summed E-state index contributed by atoms with van der Waals surface area (Å²) in [4.78, 5) is 4.40. The van der Waals surface area contributed by atoms with Crippen LogP contribution < -0.4 is 5.73 Å². The van der Waals surface area contributed by atoms with E-state index in [4.69, 9.17) is 15.0 Å². The molecule has 21 heavy (non-hydrogen) atoms. The van der Waals surface area contributed by atoms with Crippen LogP contribution in [-0.2, 0) is 4.74 Å². The van der Waals surface area contributed by atoms with Crippen LogP contribution in [0.2, 0.25) is 0 Å². The van der Waals surface area contributed by atoms with E-state index < -0.39 is 0 Å². The van der Waals surface area contributed by atoms with E-state index in [1.54, 1.807) is 11.3 Å². The topological polar surface area (TPSA) is 74.2 Å². The van der Waals surface area contributed by atoms with Crippen molar-refractivity contribution in [2.75, 3.05) is 6.61 Å². The van der Waals surface area contributed by atoms with Gasteiger partial charge in [-0.3, -0.25) is 0 Å². The SMILES string of the molecule is CC(C)OCC(N)c1noc(-c2csc3ccccc23)n1. The minimum absolute atomic E-state index is 0.128. The molecule has 1 unspecified atom stereocenters. The number of aromatic nitrogens is 2. The van der Waals surface area contributed by atoms with Gasteiger partial charge in [-0.15, -0.1) is 11.3 Å². The van der Waals surface area contributed by atoms with E-state index in [9.17, 15) is 0 Å². The van der Waals surface area contributed by atoms with E-state index >= 15 is 0 Å². The van der Waals surface area contributed by atoms with Crippen LogP contribution in [-0.4, -0.2) is 22.9 Å². The van der Waals surface area contributed by atoms with Gasteiger partial charge in [0, 0.05) is 15.5 Å². The van der Waals surface area contributed by atoms with Crippen molar-refractivity contribution in [3.05, 3.63) is 35.5 Å². The fraction of sp³-hybridized carbons (Fsp3) is 0.333. The molecule has 2 aromatic heterocycles. The predicted molar refractivity (Wildman–Crippen MR) is 83.1 cm³/mol. The van der Waals surface area contributed by atoms with Crippen LogP contribution in [0.3, 0.4) is 0 Å². The zero-order chi connectivity index (χ0) is 14.8. The summed E-state index contributed by atoms with van der Waals surface area (Å²) < 4.78 is 12.0. The highest BCUT2D eigenvalue weighted by atomic mass is 32.1. The van der Waals surface area contributed by atoms with Crippen molar-refractivity contribution >= 4 is 21.4 Å². The van der Waals surface area contributed by atoms with Crippen molar-refractivity contribution in [1.29, 1.82) is 0 Å². The molecule has 3 aromatic rings. The molecule has 0 bridgehead atoms. The number of ether oxygens (including phenoxy) is 1. The van der Waals surface area contributed by atoms with Crippen LogP contribution >= 0.6 is 11.3 Å². The molecule has 1 atom stereocenters. The van der Waals surface area contributed by atoms with Gasteiger partial charge in [0.25, 0.3) is 5.89 Å². The number of rotatable bonds is 5. The maximum absolute atomic E-state index is 6.02. The number of fused-ring (bicyclic) bond motifs is 1. The molecule has 6 heteroatoms. The normalized spacial score (nSPS) is 13.1. The summed E-state index contributed by atoms with van der Waals surface area (Å²) in [5, 5.41) is 7.11. The number of thiophene rings is 1. The molecule has 0 aliphatic carbocycles. The molecule has 0 aliphatic heterocycles. The Bertz CT molecular complexity index is 735. The van der Waals surface area contributed by atoms with E-state index in [-0.39, 0.29) is 12.1 Å². The summed E-state index contributed by atoms with van der Waals surface area (Å²) in [5.74, 6) is 0.975. The monoisotopic (exact) mass is 303 g/mol. The van der Waals surface area contributed by atoms with Gasteiger partial charge in [0.2, 0.25) is 0 Å². The molecule has 5 nitrogen and oxygen atoms in total. The molecule has 0 aliphatic rings. The van der Waals surface area contributed by atoms with Gasteiger partial charge in [0.1, 0.15) is 0 Å². The Labute approximate surface area is 126 Å². The van der Waals surface area contributed by atoms with E-state index in [2.05, 4.69) is 16.2 Å². The molecule has 2 N–H and O–H groups in total. The molecular formula is C15H17N3O2S. The Balaban J connectivity index is 1.84. The van der Waals surface area contributed by atoms with Gasteiger partial charge in [-0.05, 0) is 19.9 Å². The molecule has 0 saturated carbocycles. The van der Waals surface area contributed by atoms with Crippen LogP contribution in [0.1, 0.15) is 25.7 Å². The first-order valence-corrected chi connectivity index (χ1v) is 7.70. The molecule has 0 amide bonds. The van der Waals surface area contributed by atoms with E-state index in [1.165, 1.54) is 4.70 Å². The van der Waals surface area contributed by atoms with Crippen LogP contribution in [0.15, 0.2) is 34.2 Å². The van der Waals surface area contributed by atoms with Crippen molar-refractivity contribution < 1.29 is 9.26 Å². The number of hydrogen-bond acceptors (Lipinski definition) is 6. The van der Waals surface area contributed by atoms with Crippen LogP contribution in [0.25, 0.3) is 21.5 Å². The maximum Gasteiger partial charge on any atom is 0.259 e. The fourth-order valence-corrected chi connectivity index (χ4v) is 2.94. The smallest absolute Gasteiger partial charge is 0.259 e. The van der Waals surface area contributed by atoms with Crippen LogP contribution in [0.4, 0.5) is 0 Å². The minimum atomic E-state index is -0.380. The van der Waals surface area contributed by atoms with Gasteiger partial charge < -0.3 is 15.0 Å². The van der Waals surface area contributed by atoms with Gasteiger partial charge in [-0.1, -0.05) is 23.4 Å². The Morgan fingerprint density at radius 3 is 2.95 bits per heavy atom. The Kier molecular flexibility index (Phi) is 4.01. The first-order valence-electron chi connectivity index (χ1n) is 6.82. The first-order chi connectivity index (χ1) is 10.1. The number of hydrogen-bond donors (Lipinski definition) is 1. The molecule has 110 valence electrons. The molecule has 2 heterocycles. The Morgan fingerprint density at radius 2 is 2.14 bits per heavy atom. The van der Waals surface area contributed by atoms with Gasteiger partial charge in [0.15, 0.2) is 5.82 Å². The van der Waals surface area contributed by atoms with Crippen molar-refractivity contribution in [3.63, 3.8) is 0 Å². The summed E-state index contributed by atoms with van der Waals surface area (Å²) in [6, 6.07) is 7.75. The molecule has 0 radical (unpaired) electrons. The molecule has 0 fully saturated rings. The van der Waals surface area contributed by atoms with Crippen LogP contribution in [0, 0.1) is 0 Å². The fourth-order valence-electron chi connectivity index (χ4n) is 2.01. The molecule has 1 aromatic carbocycles. The van der Waals surface area contributed by atoms with Crippen molar-refractivity contribution in [2.24, 2.45) is 5.73 Å². The summed E-state index contributed by atoms with van der Waals surface area (Å²) in [7, 11) is 0. The van der Waals surface area contributed by atoms with E-state index in [0.717, 1.165) is 10.9 Å². The third kappa shape index (κ3) is 2.97. The van der Waals surface area contributed by atoms with Crippen LogP contribution in [0.5, 0.6) is 0 Å². The summed E-state index contributed by atoms with van der Waals surface area (Å²) in [5.41, 5.74) is 6.97. The second kappa shape index (κ2) is 5.93. The average molecular weight is 303 g/mol. The summed E-state index contributed by atoms with van der Waals surface area (Å²) in [6.45, 7) is 4.30. The zero-order valence-electron chi connectivity index (χ0n) is 11.9. The average Bonchev–Trinajstić information content (AvgIpc) is 3.10. The highest BCUT2D eigenvalue weighted by Crippen LogP contribution is 2.33. The third-order valence-electron chi connectivity index (χ3n) is 3.09. The molecular weight excluding hydrogens is 286 g/mol. The van der Waals surface area contributed by atoms with E-state index in [0.29, 0.717) is 18.3 Å². The predicted octanol–water partition coefficient (Wildman–Crippen LogP) is 3.38. The maximum atomic E-state index is 6.02. The lowest BCUT2D eigenvalue weighted by Crippen LogP contribution is -2.20. The lowest BCUT2D eigenvalue weighted by atomic mass is 10.2. The lowest BCUT2D eigenvalue weighted by Gasteiger charge is -2.10. The van der Waals surface area contributed by atoms with Gasteiger partial charge in [-0.25, -0.2) is 0 Å². The summed E-state index contributed by atoms with van der Waals surface area (Å²) in [6.07, 6.45) is 0.128. The standard InChI is InChI=1S/C15H17N3O2S/c1-9(2)19-7-12(16)14-17-15(20-18-14)11-8-21-13-6-4-3-5-10(11)13/h3-6,8-9,12H,7,16H2,1-2H3. The minimum Gasteiger partial charge on any atom is -0.377 e. The first kappa shape index (κ1) is 14.2. The van der Waals surface area contributed by atoms with Crippen molar-refractivity contribution in [2.45, 2.75) is 26.0 Å². The largest absolute Gasteiger partial charge is 0.377 e.